The standard InChI is InChI=1S/C20H15N3O/c24-20(18-11-10-16-8-4-5-9-17(16)12-18)19-14-23(22-21-19)13-15-6-2-1-3-7-15/h1-12,14H,13H2. The Labute approximate surface area is 139 Å². The van der Waals surface area contributed by atoms with E-state index in [4.69, 9.17) is 0 Å². The number of rotatable bonds is 4. The molecule has 4 heteroatoms. The van der Waals surface area contributed by atoms with Gasteiger partial charge in [0.05, 0.1) is 12.7 Å². The summed E-state index contributed by atoms with van der Waals surface area (Å²) in [6.07, 6.45) is 1.70. The van der Waals surface area contributed by atoms with Gasteiger partial charge < -0.3 is 0 Å². The molecular weight excluding hydrogens is 298 g/mol. The second-order valence-electron chi connectivity index (χ2n) is 5.68. The first kappa shape index (κ1) is 14.3. The topological polar surface area (TPSA) is 47.8 Å². The van der Waals surface area contributed by atoms with Gasteiger partial charge in [0.1, 0.15) is 0 Å². The first-order chi connectivity index (χ1) is 11.8. The van der Waals surface area contributed by atoms with E-state index in [2.05, 4.69) is 10.3 Å². The van der Waals surface area contributed by atoms with E-state index in [0.717, 1.165) is 16.3 Å². The molecule has 24 heavy (non-hydrogen) atoms. The molecule has 0 spiro atoms. The molecule has 0 aliphatic carbocycles. The van der Waals surface area contributed by atoms with E-state index < -0.39 is 0 Å². The predicted molar refractivity (Wildman–Crippen MR) is 92.9 cm³/mol. The smallest absolute Gasteiger partial charge is 0.214 e. The summed E-state index contributed by atoms with van der Waals surface area (Å²) in [5, 5.41) is 10.3. The molecule has 0 atom stereocenters. The second kappa shape index (κ2) is 6.08. The van der Waals surface area contributed by atoms with Gasteiger partial charge in [-0.15, -0.1) is 5.10 Å². The lowest BCUT2D eigenvalue weighted by molar-refractivity contribution is 0.103. The van der Waals surface area contributed by atoms with Crippen molar-refractivity contribution in [2.75, 3.05) is 0 Å². The number of hydrogen-bond donors (Lipinski definition) is 0. The Morgan fingerprint density at radius 2 is 1.62 bits per heavy atom. The molecule has 1 heterocycles. The minimum atomic E-state index is -0.111. The summed E-state index contributed by atoms with van der Waals surface area (Å²) >= 11 is 0. The van der Waals surface area contributed by atoms with Gasteiger partial charge >= 0.3 is 0 Å². The van der Waals surface area contributed by atoms with Crippen LogP contribution >= 0.6 is 0 Å². The number of aromatic nitrogens is 3. The average Bonchev–Trinajstić information content (AvgIpc) is 3.10. The van der Waals surface area contributed by atoms with E-state index in [-0.39, 0.29) is 5.78 Å². The van der Waals surface area contributed by atoms with Gasteiger partial charge in [0, 0.05) is 5.56 Å². The van der Waals surface area contributed by atoms with Crippen molar-refractivity contribution in [3.05, 3.63) is 95.8 Å². The zero-order valence-electron chi connectivity index (χ0n) is 13.0. The lowest BCUT2D eigenvalue weighted by atomic mass is 10.0. The number of benzene rings is 3. The molecule has 0 aliphatic rings. The minimum absolute atomic E-state index is 0.111. The number of ketones is 1. The molecule has 0 saturated heterocycles. The second-order valence-corrected chi connectivity index (χ2v) is 5.68. The van der Waals surface area contributed by atoms with E-state index >= 15 is 0 Å². The normalized spacial score (nSPS) is 10.8. The summed E-state index contributed by atoms with van der Waals surface area (Å²) in [5.74, 6) is -0.111. The minimum Gasteiger partial charge on any atom is -0.287 e. The Hall–Kier alpha value is -3.27. The Kier molecular flexibility index (Phi) is 3.63. The fraction of sp³-hybridized carbons (Fsp3) is 0.0500. The van der Waals surface area contributed by atoms with Gasteiger partial charge in [-0.2, -0.15) is 0 Å². The molecular formula is C20H15N3O. The van der Waals surface area contributed by atoms with E-state index in [0.29, 0.717) is 17.8 Å². The zero-order valence-corrected chi connectivity index (χ0v) is 13.0. The van der Waals surface area contributed by atoms with Crippen LogP contribution in [-0.2, 0) is 6.54 Å². The maximum absolute atomic E-state index is 12.6. The summed E-state index contributed by atoms with van der Waals surface area (Å²) in [5.41, 5.74) is 2.11. The molecule has 0 aliphatic heterocycles. The van der Waals surface area contributed by atoms with Crippen LogP contribution in [0, 0.1) is 0 Å². The quantitative estimate of drug-likeness (QED) is 0.540. The van der Waals surface area contributed by atoms with Crippen molar-refractivity contribution in [1.82, 2.24) is 15.0 Å². The number of carbonyl (C=O) groups is 1. The monoisotopic (exact) mass is 313 g/mol. The number of carbonyl (C=O) groups excluding carboxylic acids is 1. The van der Waals surface area contributed by atoms with Crippen LogP contribution in [0.4, 0.5) is 0 Å². The van der Waals surface area contributed by atoms with Crippen LogP contribution < -0.4 is 0 Å². The van der Waals surface area contributed by atoms with E-state index in [1.54, 1.807) is 10.9 Å². The fourth-order valence-electron chi connectivity index (χ4n) is 2.73. The van der Waals surface area contributed by atoms with Crippen LogP contribution in [0.3, 0.4) is 0 Å². The molecule has 4 aromatic rings. The SMILES string of the molecule is O=C(c1ccc2ccccc2c1)c1cn(Cc2ccccc2)nn1. The van der Waals surface area contributed by atoms with Crippen molar-refractivity contribution < 1.29 is 4.79 Å². The third-order valence-electron chi connectivity index (χ3n) is 3.97. The first-order valence-electron chi connectivity index (χ1n) is 7.77. The molecule has 4 nitrogen and oxygen atoms in total. The van der Waals surface area contributed by atoms with Gasteiger partial charge in [-0.3, -0.25) is 4.79 Å². The van der Waals surface area contributed by atoms with Crippen molar-refractivity contribution in [3.8, 4) is 0 Å². The number of hydrogen-bond acceptors (Lipinski definition) is 3. The van der Waals surface area contributed by atoms with E-state index in [1.165, 1.54) is 0 Å². The highest BCUT2D eigenvalue weighted by molar-refractivity contribution is 6.09. The number of nitrogens with zero attached hydrogens (tertiary/aromatic N) is 3. The van der Waals surface area contributed by atoms with Crippen LogP contribution in [0.2, 0.25) is 0 Å². The van der Waals surface area contributed by atoms with Gasteiger partial charge in [-0.25, -0.2) is 4.68 Å². The third-order valence-corrected chi connectivity index (χ3v) is 3.97. The van der Waals surface area contributed by atoms with Crippen LogP contribution in [-0.4, -0.2) is 20.8 Å². The lowest BCUT2D eigenvalue weighted by Crippen LogP contribution is -2.02. The van der Waals surface area contributed by atoms with Crippen molar-refractivity contribution in [2.24, 2.45) is 0 Å². The molecule has 0 saturated carbocycles. The van der Waals surface area contributed by atoms with Crippen LogP contribution in [0.25, 0.3) is 10.8 Å². The summed E-state index contributed by atoms with van der Waals surface area (Å²) < 4.78 is 1.68. The molecule has 116 valence electrons. The summed E-state index contributed by atoms with van der Waals surface area (Å²) in [6, 6.07) is 23.6. The van der Waals surface area contributed by atoms with Crippen molar-refractivity contribution in [3.63, 3.8) is 0 Å². The summed E-state index contributed by atoms with van der Waals surface area (Å²) in [6.45, 7) is 0.596. The van der Waals surface area contributed by atoms with E-state index in [1.807, 2.05) is 72.8 Å². The van der Waals surface area contributed by atoms with Crippen LogP contribution in [0.15, 0.2) is 79.0 Å². The van der Waals surface area contributed by atoms with E-state index in [9.17, 15) is 4.79 Å². The van der Waals surface area contributed by atoms with Gasteiger partial charge in [0.25, 0.3) is 0 Å². The molecule has 0 bridgehead atoms. The molecule has 0 fully saturated rings. The Morgan fingerprint density at radius 1 is 0.875 bits per heavy atom. The van der Waals surface area contributed by atoms with Gasteiger partial charge in [-0.05, 0) is 22.4 Å². The summed E-state index contributed by atoms with van der Waals surface area (Å²) in [7, 11) is 0. The molecule has 0 unspecified atom stereocenters. The van der Waals surface area contributed by atoms with Crippen molar-refractivity contribution in [2.45, 2.75) is 6.54 Å². The maximum atomic E-state index is 12.6. The highest BCUT2D eigenvalue weighted by Gasteiger charge is 2.14. The van der Waals surface area contributed by atoms with Crippen LogP contribution in [0.5, 0.6) is 0 Å². The first-order valence-corrected chi connectivity index (χ1v) is 7.77. The molecule has 0 amide bonds. The molecule has 0 radical (unpaired) electrons. The molecule has 0 N–H and O–H groups in total. The third kappa shape index (κ3) is 2.82. The van der Waals surface area contributed by atoms with Crippen molar-refractivity contribution in [1.29, 1.82) is 0 Å². The molecule has 1 aromatic heterocycles. The van der Waals surface area contributed by atoms with Gasteiger partial charge in [-0.1, -0.05) is 71.9 Å². The Balaban J connectivity index is 1.60. The van der Waals surface area contributed by atoms with Gasteiger partial charge in [0.2, 0.25) is 5.78 Å². The fourth-order valence-corrected chi connectivity index (χ4v) is 2.73. The Bertz CT molecular complexity index is 1010. The highest BCUT2D eigenvalue weighted by atomic mass is 16.1. The maximum Gasteiger partial charge on any atom is 0.214 e. The van der Waals surface area contributed by atoms with Gasteiger partial charge in [0.15, 0.2) is 5.69 Å². The van der Waals surface area contributed by atoms with Crippen molar-refractivity contribution >= 4 is 16.6 Å². The molecule has 4 rings (SSSR count). The lowest BCUT2D eigenvalue weighted by Gasteiger charge is -2.01. The molecule has 3 aromatic carbocycles. The number of fused-ring (bicyclic) bond motifs is 1. The zero-order chi connectivity index (χ0) is 16.4. The Morgan fingerprint density at radius 3 is 2.46 bits per heavy atom. The highest BCUT2D eigenvalue weighted by Crippen LogP contribution is 2.17. The predicted octanol–water partition coefficient (Wildman–Crippen LogP) is 3.71. The largest absolute Gasteiger partial charge is 0.287 e. The average molecular weight is 313 g/mol. The van der Waals surface area contributed by atoms with Crippen LogP contribution in [0.1, 0.15) is 21.6 Å². The summed E-state index contributed by atoms with van der Waals surface area (Å²) in [4.78, 5) is 12.6.